The van der Waals surface area contributed by atoms with Crippen molar-refractivity contribution in [2.24, 2.45) is 5.41 Å². The van der Waals surface area contributed by atoms with Gasteiger partial charge in [-0.15, -0.1) is 11.6 Å². The predicted molar refractivity (Wildman–Crippen MR) is 74.7 cm³/mol. The largest absolute Gasteiger partial charge is 0.384 e. The molecule has 2 rings (SSSR count). The number of para-hydroxylation sites is 1. The molecule has 0 amide bonds. The molecule has 2 aromatic rings. The van der Waals surface area contributed by atoms with Crippen molar-refractivity contribution in [2.75, 3.05) is 17.7 Å². The fourth-order valence-electron chi connectivity index (χ4n) is 1.63. The third kappa shape index (κ3) is 2.89. The van der Waals surface area contributed by atoms with Gasteiger partial charge in [0.15, 0.2) is 0 Å². The van der Waals surface area contributed by atoms with E-state index < -0.39 is 0 Å². The number of aromatic nitrogens is 1. The van der Waals surface area contributed by atoms with Gasteiger partial charge in [-0.3, -0.25) is 4.98 Å². The van der Waals surface area contributed by atoms with Crippen molar-refractivity contribution in [1.29, 1.82) is 0 Å². The molecule has 0 spiro atoms. The minimum absolute atomic E-state index is 0.0892. The lowest BCUT2D eigenvalue weighted by atomic mass is 9.96. The van der Waals surface area contributed by atoms with Crippen LogP contribution in [0, 0.1) is 5.41 Å². The number of hydrogen-bond acceptors (Lipinski definition) is 2. The molecule has 0 bridgehead atoms. The van der Waals surface area contributed by atoms with Gasteiger partial charge in [0.2, 0.25) is 0 Å². The first-order valence-electron chi connectivity index (χ1n) is 5.76. The Balaban J connectivity index is 2.24. The lowest BCUT2D eigenvalue weighted by Crippen LogP contribution is -2.24. The summed E-state index contributed by atoms with van der Waals surface area (Å²) in [7, 11) is 0. The molecule has 1 N–H and O–H groups in total. The van der Waals surface area contributed by atoms with Crippen molar-refractivity contribution < 1.29 is 0 Å². The van der Waals surface area contributed by atoms with Gasteiger partial charge in [-0.05, 0) is 17.5 Å². The Morgan fingerprint density at radius 3 is 2.76 bits per heavy atom. The SMILES string of the molecule is CC(C)(CCl)CNc1ccnc2ccccc12. The highest BCUT2D eigenvalue weighted by atomic mass is 35.5. The molecule has 1 aromatic carbocycles. The normalized spacial score (nSPS) is 11.7. The van der Waals surface area contributed by atoms with E-state index in [0.29, 0.717) is 5.88 Å². The number of nitrogens with one attached hydrogen (secondary N) is 1. The molecule has 0 radical (unpaired) electrons. The maximum absolute atomic E-state index is 5.93. The van der Waals surface area contributed by atoms with Gasteiger partial charge in [-0.1, -0.05) is 32.0 Å². The Morgan fingerprint density at radius 1 is 1.24 bits per heavy atom. The van der Waals surface area contributed by atoms with E-state index in [0.717, 1.165) is 23.1 Å². The summed E-state index contributed by atoms with van der Waals surface area (Å²) in [5, 5.41) is 4.61. The molecule has 0 aliphatic carbocycles. The summed E-state index contributed by atoms with van der Waals surface area (Å²) in [5.74, 6) is 0.642. The molecule has 0 aliphatic rings. The van der Waals surface area contributed by atoms with Crippen LogP contribution in [0.3, 0.4) is 0 Å². The Morgan fingerprint density at radius 2 is 2.00 bits per heavy atom. The first kappa shape index (κ1) is 12.2. The van der Waals surface area contributed by atoms with Gasteiger partial charge < -0.3 is 5.32 Å². The lowest BCUT2D eigenvalue weighted by Gasteiger charge is -2.22. The second kappa shape index (κ2) is 4.92. The summed E-state index contributed by atoms with van der Waals surface area (Å²) in [5.41, 5.74) is 2.22. The zero-order chi connectivity index (χ0) is 12.3. The van der Waals surface area contributed by atoms with Crippen molar-refractivity contribution >= 4 is 28.2 Å². The highest BCUT2D eigenvalue weighted by Crippen LogP contribution is 2.23. The van der Waals surface area contributed by atoms with Crippen LogP contribution < -0.4 is 5.32 Å². The number of benzene rings is 1. The lowest BCUT2D eigenvalue weighted by molar-refractivity contribution is 0.450. The van der Waals surface area contributed by atoms with Gasteiger partial charge in [0.05, 0.1) is 5.52 Å². The van der Waals surface area contributed by atoms with Crippen molar-refractivity contribution in [3.05, 3.63) is 36.5 Å². The van der Waals surface area contributed by atoms with Crippen LogP contribution in [-0.2, 0) is 0 Å². The van der Waals surface area contributed by atoms with Gasteiger partial charge in [0.1, 0.15) is 0 Å². The van der Waals surface area contributed by atoms with Gasteiger partial charge in [0.25, 0.3) is 0 Å². The molecule has 3 heteroatoms. The first-order valence-corrected chi connectivity index (χ1v) is 6.29. The Bertz CT molecular complexity index is 503. The monoisotopic (exact) mass is 248 g/mol. The van der Waals surface area contributed by atoms with Crippen LogP contribution in [0.4, 0.5) is 5.69 Å². The summed E-state index contributed by atoms with van der Waals surface area (Å²) in [4.78, 5) is 4.34. The average Bonchev–Trinajstić information content (AvgIpc) is 2.36. The van der Waals surface area contributed by atoms with E-state index in [4.69, 9.17) is 11.6 Å². The molecule has 0 aliphatic heterocycles. The molecular formula is C14H17ClN2. The number of halogens is 1. The Kier molecular flexibility index (Phi) is 3.53. The van der Waals surface area contributed by atoms with E-state index in [2.05, 4.69) is 30.2 Å². The number of nitrogens with zero attached hydrogens (tertiary/aromatic N) is 1. The highest BCUT2D eigenvalue weighted by molar-refractivity contribution is 6.18. The maximum atomic E-state index is 5.93. The van der Waals surface area contributed by atoms with Gasteiger partial charge in [-0.2, -0.15) is 0 Å². The maximum Gasteiger partial charge on any atom is 0.0722 e. The highest BCUT2D eigenvalue weighted by Gasteiger charge is 2.16. The van der Waals surface area contributed by atoms with E-state index in [-0.39, 0.29) is 5.41 Å². The fourth-order valence-corrected chi connectivity index (χ4v) is 1.73. The molecule has 0 fully saturated rings. The molecule has 1 heterocycles. The zero-order valence-corrected chi connectivity index (χ0v) is 11.0. The van der Waals surface area contributed by atoms with Crippen LogP contribution >= 0.6 is 11.6 Å². The molecule has 90 valence electrons. The van der Waals surface area contributed by atoms with Crippen LogP contribution in [-0.4, -0.2) is 17.4 Å². The van der Waals surface area contributed by atoms with Gasteiger partial charge in [-0.25, -0.2) is 0 Å². The summed E-state index contributed by atoms with van der Waals surface area (Å²) in [6.07, 6.45) is 1.83. The quantitative estimate of drug-likeness (QED) is 0.830. The standard InChI is InChI=1S/C14H17ClN2/c1-14(2,9-15)10-17-13-7-8-16-12-6-4-3-5-11(12)13/h3-8H,9-10H2,1-2H3,(H,16,17). The van der Waals surface area contributed by atoms with E-state index in [1.54, 1.807) is 0 Å². The van der Waals surface area contributed by atoms with Gasteiger partial charge in [0, 0.05) is 29.7 Å². The van der Waals surface area contributed by atoms with E-state index in [1.165, 1.54) is 0 Å². The molecular weight excluding hydrogens is 232 g/mol. The zero-order valence-electron chi connectivity index (χ0n) is 10.2. The number of fused-ring (bicyclic) bond motifs is 1. The van der Waals surface area contributed by atoms with E-state index in [1.807, 2.05) is 30.5 Å². The van der Waals surface area contributed by atoms with Crippen molar-refractivity contribution in [2.45, 2.75) is 13.8 Å². The van der Waals surface area contributed by atoms with Gasteiger partial charge >= 0.3 is 0 Å². The molecule has 0 atom stereocenters. The number of pyridine rings is 1. The molecule has 0 unspecified atom stereocenters. The van der Waals surface area contributed by atoms with Crippen molar-refractivity contribution in [3.8, 4) is 0 Å². The van der Waals surface area contributed by atoms with Crippen LogP contribution in [0.15, 0.2) is 36.5 Å². The third-order valence-corrected chi connectivity index (χ3v) is 3.49. The van der Waals surface area contributed by atoms with Crippen molar-refractivity contribution in [1.82, 2.24) is 4.98 Å². The number of rotatable bonds is 4. The minimum Gasteiger partial charge on any atom is -0.384 e. The molecule has 2 nitrogen and oxygen atoms in total. The molecule has 1 aromatic heterocycles. The van der Waals surface area contributed by atoms with E-state index in [9.17, 15) is 0 Å². The Labute approximate surface area is 107 Å². The predicted octanol–water partition coefficient (Wildman–Crippen LogP) is 3.91. The number of hydrogen-bond donors (Lipinski definition) is 1. The van der Waals surface area contributed by atoms with Crippen LogP contribution in [0.5, 0.6) is 0 Å². The van der Waals surface area contributed by atoms with Crippen LogP contribution in [0.1, 0.15) is 13.8 Å². The van der Waals surface area contributed by atoms with Crippen LogP contribution in [0.2, 0.25) is 0 Å². The second-order valence-corrected chi connectivity index (χ2v) is 5.29. The average molecular weight is 249 g/mol. The first-order chi connectivity index (χ1) is 8.12. The topological polar surface area (TPSA) is 24.9 Å². The second-order valence-electron chi connectivity index (χ2n) is 5.03. The fraction of sp³-hybridized carbons (Fsp3) is 0.357. The number of alkyl halides is 1. The minimum atomic E-state index is 0.0892. The smallest absolute Gasteiger partial charge is 0.0722 e. The van der Waals surface area contributed by atoms with Crippen molar-refractivity contribution in [3.63, 3.8) is 0 Å². The summed E-state index contributed by atoms with van der Waals surface area (Å²) in [6.45, 7) is 5.15. The molecule has 0 saturated carbocycles. The third-order valence-electron chi connectivity index (χ3n) is 2.77. The van der Waals surface area contributed by atoms with Crippen LogP contribution in [0.25, 0.3) is 10.9 Å². The molecule has 17 heavy (non-hydrogen) atoms. The Hall–Kier alpha value is -1.28. The summed E-state index contributed by atoms with van der Waals surface area (Å²) in [6, 6.07) is 10.1. The number of anilines is 1. The summed E-state index contributed by atoms with van der Waals surface area (Å²) >= 11 is 5.93. The van der Waals surface area contributed by atoms with E-state index >= 15 is 0 Å². The summed E-state index contributed by atoms with van der Waals surface area (Å²) < 4.78 is 0. The molecule has 0 saturated heterocycles.